The highest BCUT2D eigenvalue weighted by Gasteiger charge is 2.26. The van der Waals surface area contributed by atoms with Crippen LogP contribution in [0.2, 0.25) is 0 Å². The first-order valence-electron chi connectivity index (χ1n) is 25.4. The Bertz CT molecular complexity index is 3500. The zero-order valence-corrected chi connectivity index (χ0v) is 41.5. The molecule has 71 heavy (non-hydrogen) atoms. The minimum atomic E-state index is -0.149. The van der Waals surface area contributed by atoms with Crippen molar-refractivity contribution in [2.24, 2.45) is 5.92 Å². The summed E-state index contributed by atoms with van der Waals surface area (Å²) >= 11 is 0. The first kappa shape index (κ1) is 45.6. The standard InChI is InChI=1S/C67H61N3O/c1-66(2,3)56-33-35-63(71)59(44-56)65-69-64-57(26-17-27-62(64)70(65)61-34-28-46(38-45-18-15-16-19-45)39-58(61)49-22-11-7-12-23-49)52-40-51(47-20-9-6-10-21-47)41-53(42-52)60-43-50(36-37-68-60)48-29-31-55(32-30-48)67(4,5)54-24-13-8-14-25-54/h6-14,17,20-37,39-45,71H,15-16,18-19,38H2,1-5H3. The number of benzene rings is 8. The van der Waals surface area contributed by atoms with Crippen LogP contribution in [0.3, 0.4) is 0 Å². The summed E-state index contributed by atoms with van der Waals surface area (Å²) < 4.78 is 2.29. The molecule has 0 bridgehead atoms. The number of aromatic nitrogens is 3. The van der Waals surface area contributed by atoms with Gasteiger partial charge in [0.25, 0.3) is 0 Å². The molecule has 0 atom stereocenters. The van der Waals surface area contributed by atoms with Crippen LogP contribution in [0.25, 0.3) is 83.9 Å². The first-order valence-corrected chi connectivity index (χ1v) is 25.4. The van der Waals surface area contributed by atoms with Gasteiger partial charge in [-0.2, -0.15) is 0 Å². The van der Waals surface area contributed by atoms with Gasteiger partial charge in [-0.3, -0.25) is 9.55 Å². The van der Waals surface area contributed by atoms with Crippen LogP contribution in [0.15, 0.2) is 206 Å². The van der Waals surface area contributed by atoms with Crippen LogP contribution in [-0.2, 0) is 17.3 Å². The zero-order chi connectivity index (χ0) is 48.7. The molecule has 2 heterocycles. The van der Waals surface area contributed by atoms with Gasteiger partial charge in [-0.25, -0.2) is 4.98 Å². The van der Waals surface area contributed by atoms with E-state index in [0.717, 1.165) is 84.5 Å². The highest BCUT2D eigenvalue weighted by molar-refractivity contribution is 5.98. The molecule has 4 nitrogen and oxygen atoms in total. The topological polar surface area (TPSA) is 50.9 Å². The van der Waals surface area contributed by atoms with Gasteiger partial charge in [-0.15, -0.1) is 0 Å². The van der Waals surface area contributed by atoms with Crippen molar-refractivity contribution in [1.82, 2.24) is 14.5 Å². The van der Waals surface area contributed by atoms with Gasteiger partial charge in [-0.1, -0.05) is 200 Å². The molecule has 2 aromatic heterocycles. The SMILES string of the molecule is CC(C)(C)c1ccc(O)c(-c2nc3c(-c4cc(-c5ccccc5)cc(-c5cc(-c6ccc(C(C)(C)c7ccccc7)cc6)ccn5)c4)cccc3n2-c2ccc(CC3CCCC3)cc2-c2ccccc2)c1. The molecule has 0 amide bonds. The van der Waals surface area contributed by atoms with E-state index in [1.54, 1.807) is 0 Å². The molecule has 0 saturated heterocycles. The largest absolute Gasteiger partial charge is 0.507 e. The smallest absolute Gasteiger partial charge is 0.149 e. The molecule has 4 heteroatoms. The first-order chi connectivity index (χ1) is 34.5. The second-order valence-corrected chi connectivity index (χ2v) is 21.2. The molecule has 8 aromatic carbocycles. The number of imidazole rings is 1. The van der Waals surface area contributed by atoms with Crippen molar-refractivity contribution in [3.05, 3.63) is 229 Å². The van der Waals surface area contributed by atoms with Crippen molar-refractivity contribution in [1.29, 1.82) is 0 Å². The Balaban J connectivity index is 1.09. The number of aromatic hydroxyl groups is 1. The Morgan fingerprint density at radius 1 is 0.493 bits per heavy atom. The van der Waals surface area contributed by atoms with Gasteiger partial charge in [0.1, 0.15) is 11.6 Å². The van der Waals surface area contributed by atoms with Crippen molar-refractivity contribution in [2.75, 3.05) is 0 Å². The summed E-state index contributed by atoms with van der Waals surface area (Å²) in [5, 5.41) is 11.9. The second kappa shape index (κ2) is 18.8. The predicted octanol–water partition coefficient (Wildman–Crippen LogP) is 17.5. The number of nitrogens with zero attached hydrogens (tertiary/aromatic N) is 3. The molecule has 1 aliphatic carbocycles. The lowest BCUT2D eigenvalue weighted by molar-refractivity contribution is 0.475. The summed E-state index contributed by atoms with van der Waals surface area (Å²) in [7, 11) is 0. The number of hydrogen-bond donors (Lipinski definition) is 1. The lowest BCUT2D eigenvalue weighted by atomic mass is 9.78. The van der Waals surface area contributed by atoms with E-state index in [4.69, 9.17) is 9.97 Å². The van der Waals surface area contributed by atoms with Gasteiger partial charge in [0.15, 0.2) is 0 Å². The summed E-state index contributed by atoms with van der Waals surface area (Å²) in [6.45, 7) is 11.2. The van der Waals surface area contributed by atoms with Gasteiger partial charge in [0.2, 0.25) is 0 Å². The van der Waals surface area contributed by atoms with Gasteiger partial charge in [0.05, 0.1) is 28.0 Å². The average molecular weight is 924 g/mol. The van der Waals surface area contributed by atoms with E-state index in [2.05, 4.69) is 227 Å². The summed E-state index contributed by atoms with van der Waals surface area (Å²) in [5.74, 6) is 1.61. The van der Waals surface area contributed by atoms with Crippen molar-refractivity contribution in [3.63, 3.8) is 0 Å². The molecule has 1 aliphatic rings. The summed E-state index contributed by atoms with van der Waals surface area (Å²) in [6, 6.07) is 71.7. The normalized spacial score (nSPS) is 13.3. The van der Waals surface area contributed by atoms with E-state index >= 15 is 0 Å². The summed E-state index contributed by atoms with van der Waals surface area (Å²) in [6.07, 6.45) is 8.23. The second-order valence-electron chi connectivity index (χ2n) is 21.2. The molecule has 0 radical (unpaired) electrons. The summed E-state index contributed by atoms with van der Waals surface area (Å²) in [4.78, 5) is 10.7. The number of pyridine rings is 1. The number of fused-ring (bicyclic) bond motifs is 1. The van der Waals surface area contributed by atoms with E-state index < -0.39 is 0 Å². The maximum absolute atomic E-state index is 11.9. The van der Waals surface area contributed by atoms with Crippen LogP contribution in [0.4, 0.5) is 0 Å². The predicted molar refractivity (Wildman–Crippen MR) is 296 cm³/mol. The van der Waals surface area contributed by atoms with E-state index in [1.807, 2.05) is 18.3 Å². The minimum Gasteiger partial charge on any atom is -0.507 e. The fourth-order valence-corrected chi connectivity index (χ4v) is 10.8. The zero-order valence-electron chi connectivity index (χ0n) is 41.5. The van der Waals surface area contributed by atoms with Gasteiger partial charge >= 0.3 is 0 Å². The molecule has 350 valence electrons. The van der Waals surface area contributed by atoms with E-state index in [9.17, 15) is 5.11 Å². The van der Waals surface area contributed by atoms with Gasteiger partial charge in [-0.05, 0) is 134 Å². The van der Waals surface area contributed by atoms with Crippen LogP contribution in [-0.4, -0.2) is 19.6 Å². The minimum absolute atomic E-state index is 0.128. The van der Waals surface area contributed by atoms with Crippen LogP contribution < -0.4 is 0 Å². The number of phenolic OH excluding ortho intramolecular Hbond substituents is 1. The third kappa shape index (κ3) is 9.12. The third-order valence-electron chi connectivity index (χ3n) is 15.0. The fraction of sp³-hybridized carbons (Fsp3) is 0.194. The van der Waals surface area contributed by atoms with E-state index in [1.165, 1.54) is 42.4 Å². The van der Waals surface area contributed by atoms with Crippen molar-refractivity contribution < 1.29 is 5.11 Å². The average Bonchev–Trinajstić information content (AvgIpc) is 4.07. The molecular weight excluding hydrogens is 863 g/mol. The van der Waals surface area contributed by atoms with Crippen molar-refractivity contribution >= 4 is 11.0 Å². The highest BCUT2D eigenvalue weighted by Crippen LogP contribution is 2.44. The quantitative estimate of drug-likeness (QED) is 0.141. The number of phenols is 1. The highest BCUT2D eigenvalue weighted by atomic mass is 16.3. The fourth-order valence-electron chi connectivity index (χ4n) is 10.8. The lowest BCUT2D eigenvalue weighted by Crippen LogP contribution is -2.18. The number of para-hydroxylation sites is 1. The van der Waals surface area contributed by atoms with Crippen LogP contribution in [0.5, 0.6) is 5.75 Å². The molecule has 1 fully saturated rings. The molecule has 11 rings (SSSR count). The lowest BCUT2D eigenvalue weighted by Gasteiger charge is -2.26. The van der Waals surface area contributed by atoms with E-state index in [0.29, 0.717) is 17.3 Å². The molecule has 0 unspecified atom stereocenters. The number of hydrogen-bond acceptors (Lipinski definition) is 3. The van der Waals surface area contributed by atoms with E-state index in [-0.39, 0.29) is 16.6 Å². The Morgan fingerprint density at radius 2 is 1.13 bits per heavy atom. The van der Waals surface area contributed by atoms with Crippen LogP contribution in [0.1, 0.15) is 82.6 Å². The molecule has 0 spiro atoms. The Kier molecular flexibility index (Phi) is 12.1. The summed E-state index contributed by atoms with van der Waals surface area (Å²) in [5.41, 5.74) is 19.0. The monoisotopic (exact) mass is 923 g/mol. The van der Waals surface area contributed by atoms with Gasteiger partial charge in [0, 0.05) is 28.3 Å². The van der Waals surface area contributed by atoms with Crippen molar-refractivity contribution in [3.8, 4) is 78.6 Å². The van der Waals surface area contributed by atoms with Crippen LogP contribution in [0, 0.1) is 5.92 Å². The Labute approximate surface area is 419 Å². The molecule has 10 aromatic rings. The Morgan fingerprint density at radius 3 is 1.85 bits per heavy atom. The molecule has 1 N–H and O–H groups in total. The number of rotatable bonds is 11. The van der Waals surface area contributed by atoms with Crippen molar-refractivity contribution in [2.45, 2.75) is 77.6 Å². The van der Waals surface area contributed by atoms with Crippen LogP contribution >= 0.6 is 0 Å². The maximum Gasteiger partial charge on any atom is 0.149 e. The molecular formula is C67H61N3O. The molecule has 0 aliphatic heterocycles. The molecule has 1 saturated carbocycles. The van der Waals surface area contributed by atoms with Gasteiger partial charge < -0.3 is 5.11 Å². The maximum atomic E-state index is 11.9. The third-order valence-corrected chi connectivity index (χ3v) is 15.0. The Hall–Kier alpha value is -7.82.